The van der Waals surface area contributed by atoms with Gasteiger partial charge >= 0.3 is 0 Å². The Morgan fingerprint density at radius 2 is 1.77 bits per heavy atom. The van der Waals surface area contributed by atoms with Crippen molar-refractivity contribution in [2.75, 3.05) is 0 Å². The molecule has 4 aliphatic rings. The number of aliphatic hydroxyl groups is 1. The lowest BCUT2D eigenvalue weighted by Crippen LogP contribution is -2.53. The van der Waals surface area contributed by atoms with Gasteiger partial charge in [-0.1, -0.05) is 64.8 Å². The Balaban J connectivity index is 1.53. The van der Waals surface area contributed by atoms with Gasteiger partial charge in [-0.05, 0) is 111 Å². The van der Waals surface area contributed by atoms with Crippen LogP contribution in [0.5, 0.6) is 0 Å². The normalized spacial score (nSPS) is 42.7. The summed E-state index contributed by atoms with van der Waals surface area (Å²) in [6, 6.07) is 0. The largest absolute Gasteiger partial charge is 0.393 e. The monoisotopic (exact) mass is 412 g/mol. The molecule has 1 nitrogen and oxygen atoms in total. The number of hydrogen-bond acceptors (Lipinski definition) is 1. The van der Waals surface area contributed by atoms with Crippen LogP contribution < -0.4 is 0 Å². The van der Waals surface area contributed by atoms with Crippen molar-refractivity contribution in [2.45, 2.75) is 118 Å². The van der Waals surface area contributed by atoms with Gasteiger partial charge in [-0.3, -0.25) is 0 Å². The average Bonchev–Trinajstić information content (AvgIpc) is 3.01. The summed E-state index contributed by atoms with van der Waals surface area (Å²) in [5.74, 6) is 3.03. The van der Waals surface area contributed by atoms with Gasteiger partial charge in [-0.25, -0.2) is 0 Å². The topological polar surface area (TPSA) is 20.2 Å². The van der Waals surface area contributed by atoms with E-state index in [1.165, 1.54) is 69.8 Å². The van der Waals surface area contributed by atoms with Crippen molar-refractivity contribution >= 4 is 0 Å². The highest BCUT2D eigenvalue weighted by molar-refractivity contribution is 5.35. The van der Waals surface area contributed by atoms with Crippen LogP contribution >= 0.6 is 0 Å². The lowest BCUT2D eigenvalue weighted by Gasteiger charge is -2.59. The molecule has 4 rings (SSSR count). The zero-order chi connectivity index (χ0) is 21.9. The van der Waals surface area contributed by atoms with E-state index in [-0.39, 0.29) is 11.5 Å². The Labute approximate surface area is 186 Å². The number of allylic oxidation sites excluding steroid dienone is 3. The molecular formula is C29H48O. The molecular weight excluding hydrogens is 364 g/mol. The van der Waals surface area contributed by atoms with Crippen LogP contribution in [-0.2, 0) is 0 Å². The minimum absolute atomic E-state index is 0.0588. The fourth-order valence-corrected chi connectivity index (χ4v) is 8.73. The van der Waals surface area contributed by atoms with Gasteiger partial charge < -0.3 is 5.11 Å². The molecule has 2 fully saturated rings. The van der Waals surface area contributed by atoms with Crippen LogP contribution in [0.3, 0.4) is 0 Å². The van der Waals surface area contributed by atoms with E-state index in [0.717, 1.165) is 18.3 Å². The molecule has 0 aliphatic heterocycles. The van der Waals surface area contributed by atoms with Gasteiger partial charge in [0, 0.05) is 0 Å². The van der Waals surface area contributed by atoms with Crippen LogP contribution in [0.1, 0.15) is 112 Å². The van der Waals surface area contributed by atoms with Crippen molar-refractivity contribution in [1.29, 1.82) is 0 Å². The minimum atomic E-state index is -0.122. The van der Waals surface area contributed by atoms with E-state index in [0.29, 0.717) is 22.7 Å². The molecule has 4 aliphatic carbocycles. The van der Waals surface area contributed by atoms with Gasteiger partial charge in [0.1, 0.15) is 0 Å². The first kappa shape index (κ1) is 22.6. The fraction of sp³-hybridized carbons (Fsp3) is 0.862. The van der Waals surface area contributed by atoms with Crippen LogP contribution in [0.15, 0.2) is 23.3 Å². The van der Waals surface area contributed by atoms with E-state index in [1.54, 1.807) is 0 Å². The molecule has 0 saturated heterocycles. The second-order valence-electron chi connectivity index (χ2n) is 12.9. The summed E-state index contributed by atoms with van der Waals surface area (Å²) in [7, 11) is 0. The highest BCUT2D eigenvalue weighted by Gasteiger charge is 2.58. The van der Waals surface area contributed by atoms with Crippen LogP contribution in [0, 0.1) is 39.9 Å². The molecule has 2 saturated carbocycles. The molecule has 170 valence electrons. The average molecular weight is 413 g/mol. The second kappa shape index (κ2) is 7.79. The molecule has 6 unspecified atom stereocenters. The first-order chi connectivity index (χ1) is 14.0. The predicted molar refractivity (Wildman–Crippen MR) is 128 cm³/mol. The van der Waals surface area contributed by atoms with Gasteiger partial charge in [-0.15, -0.1) is 0 Å². The van der Waals surface area contributed by atoms with E-state index >= 15 is 0 Å². The Morgan fingerprint density at radius 3 is 2.47 bits per heavy atom. The zero-order valence-corrected chi connectivity index (χ0v) is 20.8. The molecule has 0 spiro atoms. The molecule has 0 aromatic carbocycles. The quantitative estimate of drug-likeness (QED) is 0.452. The third-order valence-electron chi connectivity index (χ3n) is 11.0. The molecule has 0 heterocycles. The number of fused-ring (bicyclic) bond motifs is 4. The van der Waals surface area contributed by atoms with Crippen LogP contribution in [0.2, 0.25) is 0 Å². The third-order valence-corrected chi connectivity index (χ3v) is 11.0. The lowest BCUT2D eigenvalue weighted by molar-refractivity contribution is -0.0928. The summed E-state index contributed by atoms with van der Waals surface area (Å²) in [5, 5.41) is 10.7. The Morgan fingerprint density at radius 1 is 1.03 bits per heavy atom. The number of hydrogen-bond donors (Lipinski definition) is 1. The summed E-state index contributed by atoms with van der Waals surface area (Å²) in [4.78, 5) is 0. The lowest BCUT2D eigenvalue weighted by atomic mass is 9.46. The van der Waals surface area contributed by atoms with Crippen molar-refractivity contribution < 1.29 is 5.11 Å². The Hall–Kier alpha value is -0.560. The van der Waals surface area contributed by atoms with Crippen LogP contribution in [0.4, 0.5) is 0 Å². The minimum Gasteiger partial charge on any atom is -0.393 e. The van der Waals surface area contributed by atoms with Gasteiger partial charge in [0.2, 0.25) is 0 Å². The second-order valence-corrected chi connectivity index (χ2v) is 12.9. The maximum absolute atomic E-state index is 10.7. The van der Waals surface area contributed by atoms with Crippen molar-refractivity contribution in [2.24, 2.45) is 39.9 Å². The van der Waals surface area contributed by atoms with Crippen LogP contribution in [-0.4, -0.2) is 11.2 Å². The molecule has 6 atom stereocenters. The summed E-state index contributed by atoms with van der Waals surface area (Å²) in [6.07, 6.45) is 14.2. The zero-order valence-electron chi connectivity index (χ0n) is 20.8. The van der Waals surface area contributed by atoms with Crippen molar-refractivity contribution in [3.63, 3.8) is 0 Å². The van der Waals surface area contributed by atoms with E-state index in [9.17, 15) is 5.11 Å². The molecule has 1 heteroatoms. The maximum atomic E-state index is 10.7. The summed E-state index contributed by atoms with van der Waals surface area (Å²) in [6.45, 7) is 18.8. The van der Waals surface area contributed by atoms with Crippen LogP contribution in [0.25, 0.3) is 0 Å². The fourth-order valence-electron chi connectivity index (χ4n) is 8.73. The van der Waals surface area contributed by atoms with E-state index in [1.807, 2.05) is 11.1 Å². The van der Waals surface area contributed by atoms with Gasteiger partial charge in [-0.2, -0.15) is 0 Å². The summed E-state index contributed by atoms with van der Waals surface area (Å²) in [5.41, 5.74) is 6.12. The Bertz CT molecular complexity index is 712. The van der Waals surface area contributed by atoms with Gasteiger partial charge in [0.15, 0.2) is 0 Å². The standard InChI is InChI=1S/C29H48O/c1-19(2)20(3)9-8-10-21-11-13-23-22-12-14-25-27(4,5)26(30)16-18-29(25,7)24(22)15-17-28(21,23)6/h19,21,23,25-26,30H,3,8-18H2,1-2,4-7H3. The smallest absolute Gasteiger partial charge is 0.0594 e. The summed E-state index contributed by atoms with van der Waals surface area (Å²) >= 11 is 0. The Kier molecular flexibility index (Phi) is 5.87. The van der Waals surface area contributed by atoms with E-state index in [4.69, 9.17) is 0 Å². The van der Waals surface area contributed by atoms with E-state index in [2.05, 4.69) is 48.1 Å². The van der Waals surface area contributed by atoms with Gasteiger partial charge in [0.25, 0.3) is 0 Å². The summed E-state index contributed by atoms with van der Waals surface area (Å²) < 4.78 is 0. The predicted octanol–water partition coefficient (Wildman–Crippen LogP) is 8.09. The molecule has 30 heavy (non-hydrogen) atoms. The highest BCUT2D eigenvalue weighted by atomic mass is 16.3. The van der Waals surface area contributed by atoms with Crippen molar-refractivity contribution in [3.05, 3.63) is 23.3 Å². The maximum Gasteiger partial charge on any atom is 0.0594 e. The molecule has 0 amide bonds. The van der Waals surface area contributed by atoms with Crippen molar-refractivity contribution in [3.8, 4) is 0 Å². The van der Waals surface area contributed by atoms with E-state index < -0.39 is 0 Å². The first-order valence-corrected chi connectivity index (χ1v) is 13.1. The molecule has 1 N–H and O–H groups in total. The molecule has 0 radical (unpaired) electrons. The van der Waals surface area contributed by atoms with Crippen molar-refractivity contribution in [1.82, 2.24) is 0 Å². The number of aliphatic hydroxyl groups excluding tert-OH is 1. The number of rotatable bonds is 5. The molecule has 0 aromatic heterocycles. The molecule has 0 aromatic rings. The SMILES string of the molecule is C=C(CCCC1CCC2C3=C(CCC12C)C1(C)CCC(O)C(C)(C)C1CC3)C(C)C. The third kappa shape index (κ3) is 3.37. The van der Waals surface area contributed by atoms with Gasteiger partial charge in [0.05, 0.1) is 6.10 Å². The molecule has 0 bridgehead atoms. The first-order valence-electron chi connectivity index (χ1n) is 13.1. The highest BCUT2D eigenvalue weighted by Crippen LogP contribution is 2.67.